The molecule has 0 aromatic heterocycles. The highest BCUT2D eigenvalue weighted by Gasteiger charge is 2.37. The first-order valence-corrected chi connectivity index (χ1v) is 14.8. The number of nitrogens with one attached hydrogen (secondary N) is 3. The minimum Gasteiger partial charge on any atom is -0.445 e. The number of imide groups is 1. The van der Waals surface area contributed by atoms with Crippen molar-refractivity contribution in [3.05, 3.63) is 39.9 Å². The number of nitro groups is 1. The summed E-state index contributed by atoms with van der Waals surface area (Å²) in [6, 6.07) is 4.49. The van der Waals surface area contributed by atoms with E-state index in [0.717, 1.165) is 11.8 Å². The molecule has 1 aliphatic rings. The number of likely N-dealkylation sites (tertiary alicyclic amines) is 1. The second-order valence-corrected chi connectivity index (χ2v) is 13.2. The minimum absolute atomic E-state index is 0.0619. The summed E-state index contributed by atoms with van der Waals surface area (Å²) in [6.45, 7) is 1.45. The van der Waals surface area contributed by atoms with E-state index in [9.17, 15) is 34.1 Å². The van der Waals surface area contributed by atoms with Gasteiger partial charge in [-0.15, -0.1) is 0 Å². The Hall–Kier alpha value is -2.46. The third-order valence-corrected chi connectivity index (χ3v) is 7.89. The molecule has 1 aromatic carbocycles. The molecule has 1 saturated heterocycles. The third-order valence-electron chi connectivity index (χ3n) is 5.26. The van der Waals surface area contributed by atoms with Crippen molar-refractivity contribution in [3.63, 3.8) is 0 Å². The molecule has 5 amide bonds. The average molecular weight is 659 g/mol. The summed E-state index contributed by atoms with van der Waals surface area (Å²) in [6.07, 6.45) is 0.123. The van der Waals surface area contributed by atoms with Crippen LogP contribution in [0.15, 0.2) is 24.3 Å². The van der Waals surface area contributed by atoms with Gasteiger partial charge in [-0.1, -0.05) is 46.6 Å². The highest BCUT2D eigenvalue weighted by molar-refractivity contribution is 8.14. The third kappa shape index (κ3) is 12.0. The van der Waals surface area contributed by atoms with Crippen LogP contribution in [0.25, 0.3) is 0 Å². The normalized spacial score (nSPS) is 16.6. The Morgan fingerprint density at radius 1 is 1.15 bits per heavy atom. The molecule has 2 rings (SSSR count). The van der Waals surface area contributed by atoms with Gasteiger partial charge in [0.1, 0.15) is 6.61 Å². The van der Waals surface area contributed by atoms with Crippen LogP contribution in [-0.2, 0) is 25.7 Å². The van der Waals surface area contributed by atoms with Crippen molar-refractivity contribution < 1.29 is 33.6 Å². The molecule has 0 bridgehead atoms. The summed E-state index contributed by atoms with van der Waals surface area (Å²) in [7, 11) is 0. The summed E-state index contributed by atoms with van der Waals surface area (Å²) in [5, 5.41) is 17.1. The van der Waals surface area contributed by atoms with E-state index in [1.807, 2.05) is 0 Å². The Morgan fingerprint density at radius 3 is 2.42 bits per heavy atom. The minimum atomic E-state index is -2.30. The Labute approximate surface area is 252 Å². The highest BCUT2D eigenvalue weighted by atomic mass is 35.6. The monoisotopic (exact) mass is 657 g/mol. The maximum atomic E-state index is 12.8. The quantitative estimate of drug-likeness (QED) is 0.105. The predicted octanol–water partition coefficient (Wildman–Crippen LogP) is 3.35. The number of benzene rings is 1. The van der Waals surface area contributed by atoms with Gasteiger partial charge in [-0.05, 0) is 24.1 Å². The molecule has 220 valence electrons. The van der Waals surface area contributed by atoms with Crippen LogP contribution in [0.2, 0.25) is 0 Å². The van der Waals surface area contributed by atoms with E-state index >= 15 is 0 Å². The molecule has 40 heavy (non-hydrogen) atoms. The Kier molecular flexibility index (Phi) is 13.6. The number of carbonyl (C=O) groups excluding carboxylic acids is 5. The van der Waals surface area contributed by atoms with Gasteiger partial charge in [0, 0.05) is 54.8 Å². The van der Waals surface area contributed by atoms with E-state index in [4.69, 9.17) is 39.5 Å². The van der Waals surface area contributed by atoms with Crippen LogP contribution in [0.5, 0.6) is 0 Å². The fourth-order valence-electron chi connectivity index (χ4n) is 3.43. The molecule has 3 N–H and O–H groups in total. The maximum absolute atomic E-state index is 12.8. The van der Waals surface area contributed by atoms with Crippen molar-refractivity contribution in [2.24, 2.45) is 0 Å². The lowest BCUT2D eigenvalue weighted by Gasteiger charge is -2.23. The lowest BCUT2D eigenvalue weighted by atomic mass is 10.2. The predicted molar refractivity (Wildman–Crippen MR) is 152 cm³/mol. The van der Waals surface area contributed by atoms with E-state index in [2.05, 4.69) is 10.6 Å². The van der Waals surface area contributed by atoms with Crippen LogP contribution < -0.4 is 16.0 Å². The molecule has 1 aromatic rings. The number of ether oxygens (including phenoxy) is 1. The highest BCUT2D eigenvalue weighted by Crippen LogP contribution is 2.31. The van der Waals surface area contributed by atoms with Gasteiger partial charge >= 0.3 is 12.1 Å². The lowest BCUT2D eigenvalue weighted by Crippen LogP contribution is -2.47. The van der Waals surface area contributed by atoms with Crippen molar-refractivity contribution in [1.82, 2.24) is 20.9 Å². The maximum Gasteiger partial charge on any atom is 0.410 e. The number of thioether (sulfide) groups is 2. The van der Waals surface area contributed by atoms with Crippen molar-refractivity contribution in [3.8, 4) is 0 Å². The fraction of sp³-hybridized carbons (Fsp3) is 0.500. The van der Waals surface area contributed by atoms with Crippen molar-refractivity contribution >= 4 is 93.1 Å². The van der Waals surface area contributed by atoms with Gasteiger partial charge in [-0.3, -0.25) is 29.8 Å². The van der Waals surface area contributed by atoms with E-state index in [0.29, 0.717) is 30.0 Å². The van der Waals surface area contributed by atoms with Crippen molar-refractivity contribution in [2.45, 2.75) is 41.5 Å². The molecule has 1 heterocycles. The van der Waals surface area contributed by atoms with Crippen molar-refractivity contribution in [2.75, 3.05) is 24.7 Å². The zero-order valence-electron chi connectivity index (χ0n) is 21.0. The molecular formula is C22H26Cl3N5O8S2. The molecule has 0 unspecified atom stereocenters. The number of halogens is 3. The molecule has 0 saturated carbocycles. The number of nitro benzene ring substituents is 1. The van der Waals surface area contributed by atoms with Gasteiger partial charge in [0.05, 0.1) is 11.6 Å². The second kappa shape index (κ2) is 16.1. The number of hydrogen-bond acceptors (Lipinski definition) is 10. The molecule has 18 heteroatoms. The van der Waals surface area contributed by atoms with Crippen LogP contribution in [0.1, 0.15) is 25.3 Å². The first kappa shape index (κ1) is 33.7. The summed E-state index contributed by atoms with van der Waals surface area (Å²) >= 11 is 18.6. The summed E-state index contributed by atoms with van der Waals surface area (Å²) in [4.78, 5) is 71.2. The van der Waals surface area contributed by atoms with Crippen molar-refractivity contribution in [1.29, 1.82) is 0 Å². The number of nitrogens with zero attached hydrogens (tertiary/aromatic N) is 2. The number of rotatable bonds is 11. The van der Waals surface area contributed by atoms with E-state index in [-0.39, 0.29) is 47.7 Å². The van der Waals surface area contributed by atoms with Crippen LogP contribution >= 0.6 is 58.3 Å². The Bertz CT molecular complexity index is 1110. The van der Waals surface area contributed by atoms with Gasteiger partial charge in [0.2, 0.25) is 5.91 Å². The van der Waals surface area contributed by atoms with Crippen LogP contribution in [0, 0.1) is 10.1 Å². The number of non-ortho nitro benzene ring substituents is 1. The van der Waals surface area contributed by atoms with E-state index < -0.39 is 26.7 Å². The summed E-state index contributed by atoms with van der Waals surface area (Å²) < 4.78 is 3.11. The first-order valence-electron chi connectivity index (χ1n) is 11.6. The molecular weight excluding hydrogens is 633 g/mol. The molecule has 13 nitrogen and oxygen atoms in total. The fourth-order valence-corrected chi connectivity index (χ4v) is 5.68. The Balaban J connectivity index is 1.77. The van der Waals surface area contributed by atoms with Crippen LogP contribution in [-0.4, -0.2) is 78.7 Å². The van der Waals surface area contributed by atoms with Gasteiger partial charge in [-0.2, -0.15) is 11.8 Å². The van der Waals surface area contributed by atoms with Gasteiger partial charge < -0.3 is 20.3 Å². The molecule has 0 aliphatic carbocycles. The molecule has 1 aliphatic heterocycles. The molecule has 0 spiro atoms. The average Bonchev–Trinajstić information content (AvgIpc) is 3.26. The van der Waals surface area contributed by atoms with Gasteiger partial charge in [-0.25, -0.2) is 9.59 Å². The number of carbonyl (C=O) groups is 5. The Morgan fingerprint density at radius 2 is 1.82 bits per heavy atom. The topological polar surface area (TPSA) is 177 Å². The van der Waals surface area contributed by atoms with Crippen LogP contribution in [0.4, 0.5) is 15.3 Å². The van der Waals surface area contributed by atoms with E-state index in [1.54, 1.807) is 10.2 Å². The summed E-state index contributed by atoms with van der Waals surface area (Å²) in [5.74, 6) is -0.598. The standard InChI is InChI=1S/C22H26Cl3N5O8S2/c1-13(31)40-17-8-16(29(9-17)21(35)38-10-14-2-4-15(5-3-14)30(36)37)11-39-7-6-18(32)26-12-27-20(34)28-19(33)22(23,24)25/h2-5,16-17H,6-12H2,1H3,(H,26,32)(H2,27,28,33,34)/t16-,17+/m0/s1. The second-order valence-electron chi connectivity index (χ2n) is 8.31. The van der Waals surface area contributed by atoms with E-state index in [1.165, 1.54) is 43.0 Å². The zero-order valence-corrected chi connectivity index (χ0v) is 24.9. The number of alkyl halides is 3. The number of urea groups is 1. The SMILES string of the molecule is CC(=O)S[C@@H]1C[C@@H](CSCCC(=O)NCNC(=O)NC(=O)C(Cl)(Cl)Cl)N(C(=O)OCc2ccc([N+](=O)[O-])cc2)C1. The van der Waals surface area contributed by atoms with Crippen LogP contribution in [0.3, 0.4) is 0 Å². The number of amides is 5. The molecule has 2 atom stereocenters. The van der Waals surface area contributed by atoms with Gasteiger partial charge in [0.15, 0.2) is 5.12 Å². The summed E-state index contributed by atoms with van der Waals surface area (Å²) in [5.41, 5.74) is 0.522. The lowest BCUT2D eigenvalue weighted by molar-refractivity contribution is -0.384. The smallest absolute Gasteiger partial charge is 0.410 e. The largest absolute Gasteiger partial charge is 0.445 e. The van der Waals surface area contributed by atoms with Gasteiger partial charge in [0.25, 0.3) is 15.4 Å². The first-order chi connectivity index (χ1) is 18.8. The zero-order chi connectivity index (χ0) is 29.9. The molecule has 1 fully saturated rings. The number of hydrogen-bond donors (Lipinski definition) is 3. The molecule has 0 radical (unpaired) electrons.